The average molecular weight is 829 g/mol. The van der Waals surface area contributed by atoms with E-state index in [-0.39, 0.29) is 0 Å². The van der Waals surface area contributed by atoms with Gasteiger partial charge in [-0.05, 0) is 85.4 Å². The van der Waals surface area contributed by atoms with Crippen molar-refractivity contribution < 1.29 is 0 Å². The van der Waals surface area contributed by atoms with Gasteiger partial charge in [0.05, 0.1) is 27.6 Å². The fourth-order valence-corrected chi connectivity index (χ4v) is 10.4. The Hall–Kier alpha value is -8.87. The molecule has 0 aliphatic carbocycles. The summed E-state index contributed by atoms with van der Waals surface area (Å²) >= 11 is 0. The molecule has 0 aliphatic rings. The standard InChI is InChI=1S/C59H36N6/c1-2-17-42-40(15-1)41-16-3-4-18-43(41)50-35-39(33-34-44(42)50)37-29-31-38(32-30-37)51-36-63(52-24-10-5-23-49(51)52)57-60-58(64-53-25-11-6-19-45(53)46-20-7-12-26-54(46)64)62-59(61-57)65-55-27-13-8-21-47(55)48-22-9-14-28-56(48)65/h1-36H. The summed E-state index contributed by atoms with van der Waals surface area (Å²) in [5.41, 5.74) is 9.70. The van der Waals surface area contributed by atoms with Crippen LogP contribution in [0.1, 0.15) is 0 Å². The number of nitrogens with zero attached hydrogens (tertiary/aromatic N) is 6. The van der Waals surface area contributed by atoms with Crippen molar-refractivity contribution in [3.05, 3.63) is 219 Å². The third-order valence-corrected chi connectivity index (χ3v) is 13.4. The first-order valence-corrected chi connectivity index (χ1v) is 22.0. The predicted octanol–water partition coefficient (Wildman–Crippen LogP) is 14.8. The molecule has 65 heavy (non-hydrogen) atoms. The molecule has 0 N–H and O–H groups in total. The Balaban J connectivity index is 0.956. The maximum Gasteiger partial charge on any atom is 0.241 e. The molecule has 0 spiro atoms. The van der Waals surface area contributed by atoms with Crippen molar-refractivity contribution >= 4 is 86.8 Å². The lowest BCUT2D eigenvalue weighted by Gasteiger charge is -2.13. The third kappa shape index (κ3) is 5.31. The van der Waals surface area contributed by atoms with Crippen molar-refractivity contribution in [1.82, 2.24) is 28.7 Å². The Bertz CT molecular complexity index is 3970. The zero-order valence-corrected chi connectivity index (χ0v) is 35.0. The number of rotatable bonds is 5. The van der Waals surface area contributed by atoms with Crippen molar-refractivity contribution in [2.45, 2.75) is 0 Å². The minimum absolute atomic E-state index is 0.531. The molecule has 302 valence electrons. The molecule has 0 amide bonds. The van der Waals surface area contributed by atoms with Gasteiger partial charge < -0.3 is 0 Å². The Labute approximate surface area is 372 Å². The van der Waals surface area contributed by atoms with Crippen LogP contribution in [0.25, 0.3) is 127 Å². The molecule has 0 unspecified atom stereocenters. The van der Waals surface area contributed by atoms with Crippen molar-refractivity contribution in [1.29, 1.82) is 0 Å². The molecule has 14 aromatic rings. The lowest BCUT2D eigenvalue weighted by molar-refractivity contribution is 0.840. The molecular formula is C59H36N6. The maximum absolute atomic E-state index is 5.38. The number of benzene rings is 10. The number of fused-ring (bicyclic) bond motifs is 13. The van der Waals surface area contributed by atoms with Gasteiger partial charge in [-0.15, -0.1) is 0 Å². The topological polar surface area (TPSA) is 53.5 Å². The van der Waals surface area contributed by atoms with Crippen LogP contribution in [0.3, 0.4) is 0 Å². The van der Waals surface area contributed by atoms with Gasteiger partial charge >= 0.3 is 0 Å². The zero-order valence-electron chi connectivity index (χ0n) is 35.0. The van der Waals surface area contributed by atoms with E-state index >= 15 is 0 Å². The van der Waals surface area contributed by atoms with E-state index in [0.717, 1.165) is 65.6 Å². The minimum Gasteiger partial charge on any atom is -0.285 e. The van der Waals surface area contributed by atoms with E-state index < -0.39 is 0 Å². The van der Waals surface area contributed by atoms with E-state index in [1.807, 2.05) is 0 Å². The van der Waals surface area contributed by atoms with Gasteiger partial charge in [0.1, 0.15) is 0 Å². The Morgan fingerprint density at radius 3 is 1.06 bits per heavy atom. The number of para-hydroxylation sites is 5. The summed E-state index contributed by atoms with van der Waals surface area (Å²) in [7, 11) is 0. The van der Waals surface area contributed by atoms with Gasteiger partial charge in [-0.2, -0.15) is 15.0 Å². The highest BCUT2D eigenvalue weighted by Crippen LogP contribution is 2.39. The molecule has 0 saturated carbocycles. The average Bonchev–Trinajstić information content (AvgIpc) is 4.05. The molecule has 6 heteroatoms. The predicted molar refractivity (Wildman–Crippen MR) is 269 cm³/mol. The smallest absolute Gasteiger partial charge is 0.241 e. The highest BCUT2D eigenvalue weighted by Gasteiger charge is 2.22. The van der Waals surface area contributed by atoms with Crippen LogP contribution in [0, 0.1) is 0 Å². The van der Waals surface area contributed by atoms with Gasteiger partial charge in [-0.1, -0.05) is 176 Å². The van der Waals surface area contributed by atoms with Crippen LogP contribution in [-0.4, -0.2) is 28.7 Å². The first-order valence-electron chi connectivity index (χ1n) is 22.0. The first kappa shape index (κ1) is 35.7. The molecule has 0 bridgehead atoms. The Morgan fingerprint density at radius 1 is 0.246 bits per heavy atom. The minimum atomic E-state index is 0.531. The van der Waals surface area contributed by atoms with Crippen molar-refractivity contribution in [3.8, 4) is 40.1 Å². The van der Waals surface area contributed by atoms with Crippen molar-refractivity contribution in [3.63, 3.8) is 0 Å². The van der Waals surface area contributed by atoms with E-state index in [4.69, 9.17) is 15.0 Å². The highest BCUT2D eigenvalue weighted by molar-refractivity contribution is 6.25. The molecular weight excluding hydrogens is 793 g/mol. The lowest BCUT2D eigenvalue weighted by atomic mass is 9.92. The zero-order chi connectivity index (χ0) is 42.6. The second-order valence-electron chi connectivity index (χ2n) is 16.8. The van der Waals surface area contributed by atoms with Gasteiger partial charge in [0.2, 0.25) is 17.8 Å². The van der Waals surface area contributed by atoms with E-state index in [0.29, 0.717) is 17.8 Å². The summed E-state index contributed by atoms with van der Waals surface area (Å²) in [5.74, 6) is 1.62. The molecule has 10 aromatic carbocycles. The largest absolute Gasteiger partial charge is 0.285 e. The molecule has 4 aromatic heterocycles. The van der Waals surface area contributed by atoms with Crippen LogP contribution in [0.4, 0.5) is 0 Å². The van der Waals surface area contributed by atoms with Gasteiger partial charge in [0.25, 0.3) is 0 Å². The first-order chi connectivity index (χ1) is 32.2. The number of hydrogen-bond donors (Lipinski definition) is 0. The summed E-state index contributed by atoms with van der Waals surface area (Å²) in [5, 5.41) is 13.3. The Kier molecular flexibility index (Phi) is 7.59. The molecule has 0 radical (unpaired) electrons. The second kappa shape index (κ2) is 13.8. The third-order valence-electron chi connectivity index (χ3n) is 13.4. The van der Waals surface area contributed by atoms with Crippen LogP contribution in [0.15, 0.2) is 219 Å². The Morgan fingerprint density at radius 2 is 0.585 bits per heavy atom. The molecule has 0 aliphatic heterocycles. The fourth-order valence-electron chi connectivity index (χ4n) is 10.4. The summed E-state index contributed by atoms with van der Waals surface area (Å²) < 4.78 is 6.49. The number of aromatic nitrogens is 6. The van der Waals surface area contributed by atoms with E-state index in [1.54, 1.807) is 0 Å². The van der Waals surface area contributed by atoms with Crippen LogP contribution in [0.2, 0.25) is 0 Å². The lowest BCUT2D eigenvalue weighted by Crippen LogP contribution is -2.13. The van der Waals surface area contributed by atoms with E-state index in [2.05, 4.69) is 232 Å². The van der Waals surface area contributed by atoms with Gasteiger partial charge in [-0.25, -0.2) is 0 Å². The summed E-state index contributed by atoms with van der Waals surface area (Å²) in [6, 6.07) is 75.9. The summed E-state index contributed by atoms with van der Waals surface area (Å²) in [6.07, 6.45) is 2.19. The normalized spacial score (nSPS) is 12.0. The van der Waals surface area contributed by atoms with Crippen molar-refractivity contribution in [2.24, 2.45) is 0 Å². The molecule has 0 fully saturated rings. The van der Waals surface area contributed by atoms with Gasteiger partial charge in [-0.3, -0.25) is 13.7 Å². The summed E-state index contributed by atoms with van der Waals surface area (Å²) in [6.45, 7) is 0. The molecule has 6 nitrogen and oxygen atoms in total. The van der Waals surface area contributed by atoms with Crippen molar-refractivity contribution in [2.75, 3.05) is 0 Å². The van der Waals surface area contributed by atoms with Gasteiger partial charge in [0, 0.05) is 38.7 Å². The molecule has 0 saturated heterocycles. The second-order valence-corrected chi connectivity index (χ2v) is 16.8. The van der Waals surface area contributed by atoms with Gasteiger partial charge in [0.15, 0.2) is 0 Å². The highest BCUT2D eigenvalue weighted by atomic mass is 15.3. The monoisotopic (exact) mass is 828 g/mol. The molecule has 4 heterocycles. The molecule has 0 atom stereocenters. The molecule has 14 rings (SSSR count). The van der Waals surface area contributed by atoms with E-state index in [9.17, 15) is 0 Å². The SMILES string of the molecule is c1ccc2c(c1)c(-c1ccc(-c3ccc4c5ccccc5c5ccccc5c4c3)cc1)cn2-c1nc(-n2c3ccccc3c3ccccc32)nc(-n2c3ccccc3c3ccccc32)n1. The quantitative estimate of drug-likeness (QED) is 0.162. The fraction of sp³-hybridized carbons (Fsp3) is 0. The van der Waals surface area contributed by atoms with Crippen LogP contribution in [0.5, 0.6) is 0 Å². The van der Waals surface area contributed by atoms with Crippen LogP contribution in [-0.2, 0) is 0 Å². The summed E-state index contributed by atoms with van der Waals surface area (Å²) in [4.78, 5) is 16.1. The number of hydrogen-bond acceptors (Lipinski definition) is 3. The van der Waals surface area contributed by atoms with E-state index in [1.165, 1.54) is 43.4 Å². The maximum atomic E-state index is 5.38. The van der Waals surface area contributed by atoms with Crippen LogP contribution >= 0.6 is 0 Å². The van der Waals surface area contributed by atoms with Crippen LogP contribution < -0.4 is 0 Å².